The zero-order chi connectivity index (χ0) is 19.9. The van der Waals surface area contributed by atoms with Crippen molar-refractivity contribution >= 4 is 19.9 Å². The van der Waals surface area contributed by atoms with Crippen LogP contribution in [0, 0.1) is 5.82 Å². The van der Waals surface area contributed by atoms with E-state index in [2.05, 4.69) is 4.72 Å². The largest absolute Gasteiger partial charge is 0.219 e. The molecule has 1 aliphatic carbocycles. The first-order valence-corrected chi connectivity index (χ1v) is 12.5. The lowest BCUT2D eigenvalue weighted by Crippen LogP contribution is -2.28. The molecule has 1 aliphatic heterocycles. The fourth-order valence-electron chi connectivity index (χ4n) is 4.25. The zero-order valence-electron chi connectivity index (χ0n) is 15.3. The number of sulfone groups is 1. The number of fused-ring (bicyclic) bond motifs is 1. The molecule has 8 heteroatoms. The highest BCUT2D eigenvalue weighted by Gasteiger charge is 2.31. The van der Waals surface area contributed by atoms with Crippen molar-refractivity contribution in [2.24, 2.45) is 0 Å². The minimum atomic E-state index is -3.78. The predicted octanol–water partition coefficient (Wildman–Crippen LogP) is 3.16. The molecule has 2 aromatic rings. The van der Waals surface area contributed by atoms with Gasteiger partial charge in [0.05, 0.1) is 15.5 Å². The van der Waals surface area contributed by atoms with Gasteiger partial charge in [-0.05, 0) is 79.5 Å². The van der Waals surface area contributed by atoms with Crippen LogP contribution >= 0.6 is 0 Å². The summed E-state index contributed by atoms with van der Waals surface area (Å²) in [7, 11) is -6.93. The normalized spacial score (nSPS) is 24.0. The summed E-state index contributed by atoms with van der Waals surface area (Å²) >= 11 is 0. The maximum Gasteiger partial charge on any atom is 0.211 e. The van der Waals surface area contributed by atoms with Gasteiger partial charge in [-0.15, -0.1) is 0 Å². The Morgan fingerprint density at radius 2 is 1.86 bits per heavy atom. The molecule has 0 amide bonds. The van der Waals surface area contributed by atoms with Crippen molar-refractivity contribution in [2.75, 3.05) is 5.75 Å². The van der Waals surface area contributed by atoms with Gasteiger partial charge in [-0.2, -0.15) is 0 Å². The SMILES string of the molecule is O=S1(=O)CCC(CC2CCCc3cc(S(=O)(=O)c4cccc(F)c4)ccc32)N1. The molecule has 1 heterocycles. The molecule has 2 aliphatic rings. The van der Waals surface area contributed by atoms with Crippen LogP contribution in [0.25, 0.3) is 0 Å². The summed E-state index contributed by atoms with van der Waals surface area (Å²) in [6.45, 7) is 0. The molecule has 0 saturated carbocycles. The second-order valence-corrected chi connectivity index (χ2v) is 11.4. The van der Waals surface area contributed by atoms with Gasteiger partial charge in [0, 0.05) is 6.04 Å². The fourth-order valence-corrected chi connectivity index (χ4v) is 7.03. The maximum atomic E-state index is 13.5. The van der Waals surface area contributed by atoms with Crippen LogP contribution in [-0.2, 0) is 26.3 Å². The van der Waals surface area contributed by atoms with Gasteiger partial charge in [0.2, 0.25) is 19.9 Å². The molecule has 4 rings (SSSR count). The standard InChI is InChI=1S/C20H22FNO4S2/c21-16-5-2-6-18(13-16)28(25,26)19-7-8-20-14(3-1-4-15(20)12-19)11-17-9-10-27(23,24)22-17/h2,5-8,12-14,17,22H,1,3-4,9-11H2. The summed E-state index contributed by atoms with van der Waals surface area (Å²) < 4.78 is 65.2. The third kappa shape index (κ3) is 3.86. The number of benzene rings is 2. The van der Waals surface area contributed by atoms with E-state index in [1.165, 1.54) is 18.2 Å². The molecule has 1 saturated heterocycles. The Kier molecular flexibility index (Phi) is 5.05. The van der Waals surface area contributed by atoms with E-state index >= 15 is 0 Å². The Morgan fingerprint density at radius 3 is 2.57 bits per heavy atom. The van der Waals surface area contributed by atoms with Gasteiger partial charge in [-0.1, -0.05) is 12.1 Å². The van der Waals surface area contributed by atoms with Gasteiger partial charge < -0.3 is 0 Å². The Labute approximate surface area is 164 Å². The molecule has 0 bridgehead atoms. The summed E-state index contributed by atoms with van der Waals surface area (Å²) in [6.07, 6.45) is 4.01. The molecular weight excluding hydrogens is 401 g/mol. The van der Waals surface area contributed by atoms with E-state index in [1.807, 2.05) is 6.07 Å². The highest BCUT2D eigenvalue weighted by molar-refractivity contribution is 7.91. The topological polar surface area (TPSA) is 80.3 Å². The monoisotopic (exact) mass is 423 g/mol. The number of hydrogen-bond acceptors (Lipinski definition) is 4. The third-order valence-corrected chi connectivity index (χ3v) is 8.83. The second kappa shape index (κ2) is 7.24. The van der Waals surface area contributed by atoms with Crippen LogP contribution in [-0.4, -0.2) is 28.6 Å². The summed E-state index contributed by atoms with van der Waals surface area (Å²) in [4.78, 5) is 0.110. The van der Waals surface area contributed by atoms with Crippen molar-refractivity contribution in [3.63, 3.8) is 0 Å². The highest BCUT2D eigenvalue weighted by Crippen LogP contribution is 2.37. The molecule has 0 aromatic heterocycles. The van der Waals surface area contributed by atoms with Crippen LogP contribution in [0.3, 0.4) is 0 Å². The minimum absolute atomic E-state index is 0.0554. The van der Waals surface area contributed by atoms with E-state index < -0.39 is 25.7 Å². The number of aryl methyl sites for hydroxylation is 1. The Morgan fingerprint density at radius 1 is 1.07 bits per heavy atom. The van der Waals surface area contributed by atoms with Crippen molar-refractivity contribution in [3.05, 3.63) is 59.4 Å². The van der Waals surface area contributed by atoms with E-state index in [9.17, 15) is 21.2 Å². The van der Waals surface area contributed by atoms with Crippen LogP contribution < -0.4 is 4.72 Å². The number of rotatable bonds is 4. The van der Waals surface area contributed by atoms with Gasteiger partial charge in [-0.25, -0.2) is 25.9 Å². The summed E-state index contributed by atoms with van der Waals surface area (Å²) in [5, 5.41) is 0. The van der Waals surface area contributed by atoms with E-state index in [-0.39, 0.29) is 27.5 Å². The molecule has 1 fully saturated rings. The molecule has 0 radical (unpaired) electrons. The van der Waals surface area contributed by atoms with Crippen molar-refractivity contribution in [1.82, 2.24) is 4.72 Å². The van der Waals surface area contributed by atoms with Crippen LogP contribution in [0.15, 0.2) is 52.3 Å². The van der Waals surface area contributed by atoms with Gasteiger partial charge >= 0.3 is 0 Å². The molecule has 2 unspecified atom stereocenters. The van der Waals surface area contributed by atoms with Crippen molar-refractivity contribution in [3.8, 4) is 0 Å². The van der Waals surface area contributed by atoms with Gasteiger partial charge in [0.25, 0.3) is 0 Å². The quantitative estimate of drug-likeness (QED) is 0.819. The predicted molar refractivity (Wildman–Crippen MR) is 104 cm³/mol. The van der Waals surface area contributed by atoms with Crippen LogP contribution in [0.5, 0.6) is 0 Å². The summed E-state index contributed by atoms with van der Waals surface area (Å²) in [5.41, 5.74) is 2.07. The van der Waals surface area contributed by atoms with Crippen molar-refractivity contribution in [2.45, 2.75) is 53.9 Å². The average Bonchev–Trinajstić information content (AvgIpc) is 3.00. The number of nitrogens with one attached hydrogen (secondary N) is 1. The summed E-state index contributed by atoms with van der Waals surface area (Å²) in [6, 6.07) is 10.1. The molecule has 2 aromatic carbocycles. The molecule has 2 atom stereocenters. The van der Waals surface area contributed by atoms with E-state index in [1.54, 1.807) is 12.1 Å². The van der Waals surface area contributed by atoms with E-state index in [0.717, 1.165) is 42.9 Å². The van der Waals surface area contributed by atoms with Gasteiger partial charge in [-0.3, -0.25) is 0 Å². The Bertz CT molecular complexity index is 1110. The number of sulfonamides is 1. The summed E-state index contributed by atoms with van der Waals surface area (Å²) in [5.74, 6) is -0.208. The molecule has 28 heavy (non-hydrogen) atoms. The maximum absolute atomic E-state index is 13.5. The van der Waals surface area contributed by atoms with E-state index in [4.69, 9.17) is 0 Å². The molecule has 1 N–H and O–H groups in total. The second-order valence-electron chi connectivity index (χ2n) is 7.57. The third-order valence-electron chi connectivity index (χ3n) is 5.62. The molecular formula is C20H22FNO4S2. The lowest BCUT2D eigenvalue weighted by atomic mass is 9.79. The Hall–Kier alpha value is -1.77. The van der Waals surface area contributed by atoms with Crippen LogP contribution in [0.1, 0.15) is 42.7 Å². The first-order chi connectivity index (χ1) is 13.2. The molecule has 5 nitrogen and oxygen atoms in total. The molecule has 150 valence electrons. The minimum Gasteiger partial charge on any atom is -0.219 e. The Balaban J connectivity index is 1.61. The average molecular weight is 424 g/mol. The first kappa shape index (κ1) is 19.5. The zero-order valence-corrected chi connectivity index (χ0v) is 16.9. The van der Waals surface area contributed by atoms with Crippen molar-refractivity contribution < 1.29 is 21.2 Å². The highest BCUT2D eigenvalue weighted by atomic mass is 32.2. The first-order valence-electron chi connectivity index (χ1n) is 9.38. The van der Waals surface area contributed by atoms with Gasteiger partial charge in [0.15, 0.2) is 0 Å². The van der Waals surface area contributed by atoms with E-state index in [0.29, 0.717) is 6.42 Å². The number of hydrogen-bond donors (Lipinski definition) is 1. The van der Waals surface area contributed by atoms with Crippen molar-refractivity contribution in [1.29, 1.82) is 0 Å². The molecule has 0 spiro atoms. The lowest BCUT2D eigenvalue weighted by Gasteiger charge is -2.28. The van der Waals surface area contributed by atoms with Crippen LogP contribution in [0.2, 0.25) is 0 Å². The van der Waals surface area contributed by atoms with Gasteiger partial charge in [0.1, 0.15) is 5.82 Å². The fraction of sp³-hybridized carbons (Fsp3) is 0.400. The smallest absolute Gasteiger partial charge is 0.211 e. The lowest BCUT2D eigenvalue weighted by molar-refractivity contribution is 0.454. The van der Waals surface area contributed by atoms with Crippen LogP contribution in [0.4, 0.5) is 4.39 Å². The number of halogens is 1.